The Balaban J connectivity index is 1.46. The second-order valence-electron chi connectivity index (χ2n) is 6.53. The normalized spacial score (nSPS) is 18.6. The van der Waals surface area contributed by atoms with Gasteiger partial charge in [-0.15, -0.1) is 0 Å². The van der Waals surface area contributed by atoms with Crippen LogP contribution in [0, 0.1) is 6.92 Å². The fourth-order valence-electron chi connectivity index (χ4n) is 3.24. The van der Waals surface area contributed by atoms with E-state index in [0.29, 0.717) is 11.5 Å². The Morgan fingerprint density at radius 3 is 2.32 bits per heavy atom. The minimum atomic E-state index is -0.0342. The average Bonchev–Trinajstić information content (AvgIpc) is 3.42. The molecule has 0 spiro atoms. The van der Waals surface area contributed by atoms with Gasteiger partial charge in [0.15, 0.2) is 0 Å². The maximum atomic E-state index is 12.6. The Labute approximate surface area is 147 Å². The number of aromatic nitrogens is 1. The largest absolute Gasteiger partial charge is 0.349 e. The maximum absolute atomic E-state index is 12.6. The molecule has 0 bridgehead atoms. The zero-order chi connectivity index (χ0) is 17.2. The maximum Gasteiger partial charge on any atom is 0.253 e. The lowest BCUT2D eigenvalue weighted by Gasteiger charge is -2.09. The van der Waals surface area contributed by atoms with E-state index in [4.69, 9.17) is 0 Å². The summed E-state index contributed by atoms with van der Waals surface area (Å²) < 4.78 is 0. The number of carbonyl (C=O) groups excluding carboxylic acids is 1. The Bertz CT molecular complexity index is 890. The van der Waals surface area contributed by atoms with Gasteiger partial charge in [-0.25, -0.2) is 0 Å². The summed E-state index contributed by atoms with van der Waals surface area (Å²) in [5, 5.41) is 3.14. The van der Waals surface area contributed by atoms with E-state index in [-0.39, 0.29) is 11.9 Å². The SMILES string of the molecule is Cc1nc(-c2ccccc2)ccc1C(=O)N[C@@H]1C[C@@H]1c1ccccc1. The molecule has 3 heteroatoms. The topological polar surface area (TPSA) is 42.0 Å². The van der Waals surface area contributed by atoms with Crippen LogP contribution >= 0.6 is 0 Å². The van der Waals surface area contributed by atoms with Crippen LogP contribution in [0.2, 0.25) is 0 Å². The zero-order valence-corrected chi connectivity index (χ0v) is 14.1. The lowest BCUT2D eigenvalue weighted by atomic mass is 10.1. The standard InChI is InChI=1S/C22H20N2O/c1-15-18(12-13-20(23-15)17-10-6-3-7-11-17)22(25)24-21-14-19(21)16-8-4-2-5-9-16/h2-13,19,21H,14H2,1H3,(H,24,25)/t19-,21-/m1/s1. The molecular formula is C22H20N2O. The van der Waals surface area contributed by atoms with Gasteiger partial charge in [-0.1, -0.05) is 60.7 Å². The third-order valence-corrected chi connectivity index (χ3v) is 4.73. The van der Waals surface area contributed by atoms with Crippen molar-refractivity contribution in [2.45, 2.75) is 25.3 Å². The number of rotatable bonds is 4. The van der Waals surface area contributed by atoms with Crippen LogP contribution in [0.15, 0.2) is 72.8 Å². The number of carbonyl (C=O) groups is 1. The molecule has 1 amide bonds. The number of nitrogens with one attached hydrogen (secondary N) is 1. The molecule has 124 valence electrons. The number of hydrogen-bond acceptors (Lipinski definition) is 2. The van der Waals surface area contributed by atoms with Crippen LogP contribution in [-0.2, 0) is 0 Å². The summed E-state index contributed by atoms with van der Waals surface area (Å²) in [6.07, 6.45) is 1.00. The summed E-state index contributed by atoms with van der Waals surface area (Å²) >= 11 is 0. The highest BCUT2D eigenvalue weighted by atomic mass is 16.1. The molecular weight excluding hydrogens is 308 g/mol. The van der Waals surface area contributed by atoms with Crippen molar-refractivity contribution in [1.82, 2.24) is 10.3 Å². The Hall–Kier alpha value is -2.94. The van der Waals surface area contributed by atoms with Gasteiger partial charge < -0.3 is 5.32 Å². The van der Waals surface area contributed by atoms with Crippen LogP contribution in [0.1, 0.15) is 34.0 Å². The van der Waals surface area contributed by atoms with Gasteiger partial charge in [0.2, 0.25) is 0 Å². The van der Waals surface area contributed by atoms with Crippen molar-refractivity contribution in [1.29, 1.82) is 0 Å². The van der Waals surface area contributed by atoms with E-state index in [1.54, 1.807) is 0 Å². The van der Waals surface area contributed by atoms with Crippen molar-refractivity contribution in [2.24, 2.45) is 0 Å². The van der Waals surface area contributed by atoms with E-state index in [0.717, 1.165) is 23.4 Å². The third-order valence-electron chi connectivity index (χ3n) is 4.73. The molecule has 3 aromatic rings. The van der Waals surface area contributed by atoms with Crippen molar-refractivity contribution < 1.29 is 4.79 Å². The van der Waals surface area contributed by atoms with Crippen molar-refractivity contribution in [3.8, 4) is 11.3 Å². The molecule has 1 aliphatic carbocycles. The third kappa shape index (κ3) is 3.31. The van der Waals surface area contributed by atoms with Gasteiger partial charge in [0.25, 0.3) is 5.91 Å². The molecule has 25 heavy (non-hydrogen) atoms. The summed E-state index contributed by atoms with van der Waals surface area (Å²) in [6, 6.07) is 24.4. The average molecular weight is 328 g/mol. The molecule has 2 atom stereocenters. The first-order valence-corrected chi connectivity index (χ1v) is 8.61. The molecule has 1 N–H and O–H groups in total. The molecule has 0 unspecified atom stereocenters. The van der Waals surface area contributed by atoms with Crippen molar-refractivity contribution in [2.75, 3.05) is 0 Å². The number of amides is 1. The van der Waals surface area contributed by atoms with Gasteiger partial charge in [0.05, 0.1) is 17.0 Å². The van der Waals surface area contributed by atoms with Gasteiger partial charge in [-0.2, -0.15) is 0 Å². The van der Waals surface area contributed by atoms with Gasteiger partial charge in [0.1, 0.15) is 0 Å². The monoisotopic (exact) mass is 328 g/mol. The summed E-state index contributed by atoms with van der Waals surface area (Å²) in [4.78, 5) is 17.2. The van der Waals surface area contributed by atoms with Crippen molar-refractivity contribution in [3.05, 3.63) is 89.6 Å². The lowest BCUT2D eigenvalue weighted by Crippen LogP contribution is -2.27. The molecule has 0 saturated heterocycles. The minimum absolute atomic E-state index is 0.0342. The first-order chi connectivity index (χ1) is 12.2. The fourth-order valence-corrected chi connectivity index (χ4v) is 3.24. The van der Waals surface area contributed by atoms with Crippen LogP contribution in [0.5, 0.6) is 0 Å². The highest BCUT2D eigenvalue weighted by Gasteiger charge is 2.39. The lowest BCUT2D eigenvalue weighted by molar-refractivity contribution is 0.0949. The summed E-state index contributed by atoms with van der Waals surface area (Å²) in [5.41, 5.74) is 4.66. The molecule has 0 aliphatic heterocycles. The van der Waals surface area contributed by atoms with Gasteiger partial charge in [-0.05, 0) is 31.0 Å². The van der Waals surface area contributed by atoms with E-state index in [9.17, 15) is 4.79 Å². The van der Waals surface area contributed by atoms with E-state index >= 15 is 0 Å². The number of nitrogens with zero attached hydrogens (tertiary/aromatic N) is 1. The first-order valence-electron chi connectivity index (χ1n) is 8.61. The van der Waals surface area contributed by atoms with Crippen molar-refractivity contribution in [3.63, 3.8) is 0 Å². The number of pyridine rings is 1. The molecule has 1 saturated carbocycles. The quantitative estimate of drug-likeness (QED) is 0.774. The smallest absolute Gasteiger partial charge is 0.253 e. The molecule has 3 nitrogen and oxygen atoms in total. The fraction of sp³-hybridized carbons (Fsp3) is 0.182. The highest BCUT2D eigenvalue weighted by molar-refractivity contribution is 5.96. The van der Waals surface area contributed by atoms with E-state index < -0.39 is 0 Å². The Morgan fingerprint density at radius 2 is 1.64 bits per heavy atom. The molecule has 1 fully saturated rings. The van der Waals surface area contributed by atoms with Crippen LogP contribution in [0.3, 0.4) is 0 Å². The van der Waals surface area contributed by atoms with E-state index in [2.05, 4.69) is 22.4 Å². The second-order valence-corrected chi connectivity index (χ2v) is 6.53. The molecule has 1 heterocycles. The molecule has 1 aliphatic rings. The molecule has 4 rings (SSSR count). The van der Waals surface area contributed by atoms with Crippen LogP contribution in [0.25, 0.3) is 11.3 Å². The predicted molar refractivity (Wildman–Crippen MR) is 99.5 cm³/mol. The first kappa shape index (κ1) is 15.6. The summed E-state index contributed by atoms with van der Waals surface area (Å²) in [5.74, 6) is 0.398. The minimum Gasteiger partial charge on any atom is -0.349 e. The number of aryl methyl sites for hydroxylation is 1. The molecule has 1 aromatic heterocycles. The summed E-state index contributed by atoms with van der Waals surface area (Å²) in [6.45, 7) is 1.89. The molecule has 2 aromatic carbocycles. The number of benzene rings is 2. The van der Waals surface area contributed by atoms with E-state index in [1.807, 2.05) is 67.6 Å². The Morgan fingerprint density at radius 1 is 0.960 bits per heavy atom. The van der Waals surface area contributed by atoms with Crippen LogP contribution in [0.4, 0.5) is 0 Å². The number of hydrogen-bond donors (Lipinski definition) is 1. The molecule has 0 radical (unpaired) electrons. The predicted octanol–water partition coefficient (Wildman–Crippen LogP) is 4.34. The van der Waals surface area contributed by atoms with Gasteiger partial charge in [-0.3, -0.25) is 9.78 Å². The van der Waals surface area contributed by atoms with Crippen LogP contribution in [-0.4, -0.2) is 16.9 Å². The van der Waals surface area contributed by atoms with Gasteiger partial charge >= 0.3 is 0 Å². The second kappa shape index (κ2) is 6.52. The Kier molecular flexibility index (Phi) is 4.06. The van der Waals surface area contributed by atoms with Crippen molar-refractivity contribution >= 4 is 5.91 Å². The van der Waals surface area contributed by atoms with Crippen LogP contribution < -0.4 is 5.32 Å². The van der Waals surface area contributed by atoms with E-state index in [1.165, 1.54) is 5.56 Å². The summed E-state index contributed by atoms with van der Waals surface area (Å²) in [7, 11) is 0. The highest BCUT2D eigenvalue weighted by Crippen LogP contribution is 2.40. The van der Waals surface area contributed by atoms with Gasteiger partial charge in [0, 0.05) is 17.5 Å². The zero-order valence-electron chi connectivity index (χ0n) is 14.1.